The van der Waals surface area contributed by atoms with Gasteiger partial charge in [-0.05, 0) is 43.2 Å². The fourth-order valence-electron chi connectivity index (χ4n) is 3.78. The average Bonchev–Trinajstić information content (AvgIpc) is 3.09. The number of Topliss-reactive ketones (excluding diaryl/α,β-unsaturated/α-hetero) is 1. The van der Waals surface area contributed by atoms with Crippen molar-refractivity contribution in [2.24, 2.45) is 0 Å². The molecule has 150 valence electrons. The molecule has 1 N–H and O–H groups in total. The summed E-state index contributed by atoms with van der Waals surface area (Å²) in [4.78, 5) is 43.1. The highest BCUT2D eigenvalue weighted by molar-refractivity contribution is 7.18. The standard InChI is InChI=1S/C22H23N3O3S/c1-14(26)23-11-10-15-6-8-16(9-7-15)18(27)12-25-13-24-21-20(22(25)28)17-4-2-3-5-19(17)29-21/h6-9,13H,2-5,10-12H2,1H3,(H,23,26). The first-order valence-electron chi connectivity index (χ1n) is 9.89. The molecule has 4 rings (SSSR count). The molecule has 0 bridgehead atoms. The van der Waals surface area contributed by atoms with E-state index in [0.29, 0.717) is 23.9 Å². The molecular weight excluding hydrogens is 386 g/mol. The largest absolute Gasteiger partial charge is 0.356 e. The zero-order valence-electron chi connectivity index (χ0n) is 16.4. The molecule has 0 radical (unpaired) electrons. The molecule has 1 aliphatic carbocycles. The number of amides is 1. The summed E-state index contributed by atoms with van der Waals surface area (Å²) in [5, 5.41) is 3.46. The molecule has 0 fully saturated rings. The van der Waals surface area contributed by atoms with Crippen LogP contribution in [-0.2, 0) is 30.6 Å². The summed E-state index contributed by atoms with van der Waals surface area (Å²) >= 11 is 1.61. The first-order valence-corrected chi connectivity index (χ1v) is 10.7. The lowest BCUT2D eigenvalue weighted by atomic mass is 9.97. The SMILES string of the molecule is CC(=O)NCCc1ccc(C(=O)Cn2cnc3sc4c(c3c2=O)CCCC4)cc1. The molecule has 7 heteroatoms. The van der Waals surface area contributed by atoms with Crippen molar-refractivity contribution in [1.29, 1.82) is 0 Å². The summed E-state index contributed by atoms with van der Waals surface area (Å²) in [6, 6.07) is 7.31. The van der Waals surface area contributed by atoms with Gasteiger partial charge in [-0.3, -0.25) is 19.0 Å². The van der Waals surface area contributed by atoms with Crippen molar-refractivity contribution in [3.8, 4) is 0 Å². The second-order valence-electron chi connectivity index (χ2n) is 7.42. The molecule has 2 aromatic heterocycles. The Kier molecular flexibility index (Phi) is 5.58. The van der Waals surface area contributed by atoms with Crippen molar-refractivity contribution in [3.63, 3.8) is 0 Å². The Balaban J connectivity index is 1.51. The zero-order chi connectivity index (χ0) is 20.4. The minimum absolute atomic E-state index is 0.0162. The van der Waals surface area contributed by atoms with E-state index in [-0.39, 0.29) is 23.8 Å². The van der Waals surface area contributed by atoms with E-state index < -0.39 is 0 Å². The Morgan fingerprint density at radius 1 is 1.17 bits per heavy atom. The number of hydrogen-bond acceptors (Lipinski definition) is 5. The van der Waals surface area contributed by atoms with Crippen molar-refractivity contribution in [2.75, 3.05) is 6.54 Å². The highest BCUT2D eigenvalue weighted by Gasteiger charge is 2.20. The van der Waals surface area contributed by atoms with E-state index in [1.807, 2.05) is 12.1 Å². The van der Waals surface area contributed by atoms with Crippen molar-refractivity contribution < 1.29 is 9.59 Å². The van der Waals surface area contributed by atoms with Crippen LogP contribution in [0.5, 0.6) is 0 Å². The molecule has 1 aromatic carbocycles. The Labute approximate surface area is 172 Å². The highest BCUT2D eigenvalue weighted by Crippen LogP contribution is 2.33. The number of hydrogen-bond donors (Lipinski definition) is 1. The molecule has 1 amide bonds. The summed E-state index contributed by atoms with van der Waals surface area (Å²) in [5.74, 6) is -0.175. The van der Waals surface area contributed by atoms with Gasteiger partial charge < -0.3 is 5.32 Å². The van der Waals surface area contributed by atoms with Crippen LogP contribution in [0.2, 0.25) is 0 Å². The minimum Gasteiger partial charge on any atom is -0.356 e. The van der Waals surface area contributed by atoms with Crippen LogP contribution < -0.4 is 10.9 Å². The van der Waals surface area contributed by atoms with Crippen molar-refractivity contribution in [1.82, 2.24) is 14.9 Å². The van der Waals surface area contributed by atoms with E-state index >= 15 is 0 Å². The molecule has 29 heavy (non-hydrogen) atoms. The lowest BCUT2D eigenvalue weighted by Gasteiger charge is -2.10. The minimum atomic E-state index is -0.120. The van der Waals surface area contributed by atoms with E-state index in [0.717, 1.165) is 41.6 Å². The average molecular weight is 410 g/mol. The molecule has 3 aromatic rings. The van der Waals surface area contributed by atoms with Crippen molar-refractivity contribution in [3.05, 3.63) is 62.5 Å². The topological polar surface area (TPSA) is 81.1 Å². The van der Waals surface area contributed by atoms with Crippen LogP contribution in [0.15, 0.2) is 35.4 Å². The normalized spacial score (nSPS) is 13.3. The number of ketones is 1. The number of carbonyl (C=O) groups is 2. The molecule has 0 aliphatic heterocycles. The maximum atomic E-state index is 13.0. The van der Waals surface area contributed by atoms with Gasteiger partial charge in [0.15, 0.2) is 5.78 Å². The van der Waals surface area contributed by atoms with Gasteiger partial charge in [0.25, 0.3) is 5.56 Å². The smallest absolute Gasteiger partial charge is 0.262 e. The van der Waals surface area contributed by atoms with Crippen LogP contribution in [-0.4, -0.2) is 27.8 Å². The molecule has 0 saturated carbocycles. The molecule has 2 heterocycles. The number of carbonyl (C=O) groups excluding carboxylic acids is 2. The van der Waals surface area contributed by atoms with E-state index in [9.17, 15) is 14.4 Å². The number of aryl methyl sites for hydroxylation is 2. The zero-order valence-corrected chi connectivity index (χ0v) is 17.2. The molecular formula is C22H23N3O3S. The van der Waals surface area contributed by atoms with Gasteiger partial charge >= 0.3 is 0 Å². The predicted octanol–water partition coefficient (Wildman–Crippen LogP) is 2.90. The van der Waals surface area contributed by atoms with Crippen LogP contribution in [0, 0.1) is 0 Å². The number of aromatic nitrogens is 2. The first kappa shape index (κ1) is 19.5. The monoisotopic (exact) mass is 409 g/mol. The van der Waals surface area contributed by atoms with Gasteiger partial charge in [0.1, 0.15) is 4.83 Å². The number of fused-ring (bicyclic) bond motifs is 3. The Hall–Kier alpha value is -2.80. The fraction of sp³-hybridized carbons (Fsp3) is 0.364. The molecule has 0 atom stereocenters. The number of thiophene rings is 1. The Morgan fingerprint density at radius 3 is 2.69 bits per heavy atom. The Bertz CT molecular complexity index is 1130. The molecule has 0 unspecified atom stereocenters. The third-order valence-electron chi connectivity index (χ3n) is 5.32. The van der Waals surface area contributed by atoms with Gasteiger partial charge in [0.2, 0.25) is 5.91 Å². The summed E-state index contributed by atoms with van der Waals surface area (Å²) in [5.41, 5.74) is 2.63. The summed E-state index contributed by atoms with van der Waals surface area (Å²) < 4.78 is 1.43. The van der Waals surface area contributed by atoms with E-state index in [4.69, 9.17) is 0 Å². The van der Waals surface area contributed by atoms with Gasteiger partial charge in [-0.25, -0.2) is 4.98 Å². The van der Waals surface area contributed by atoms with Crippen LogP contribution in [0.3, 0.4) is 0 Å². The predicted molar refractivity (Wildman–Crippen MR) is 114 cm³/mol. The van der Waals surface area contributed by atoms with Crippen molar-refractivity contribution >= 4 is 33.2 Å². The molecule has 1 aliphatic rings. The van der Waals surface area contributed by atoms with Crippen molar-refractivity contribution in [2.45, 2.75) is 45.6 Å². The first-order chi connectivity index (χ1) is 14.0. The van der Waals surface area contributed by atoms with Gasteiger partial charge in [0, 0.05) is 23.9 Å². The maximum Gasteiger partial charge on any atom is 0.262 e. The summed E-state index contributed by atoms with van der Waals surface area (Å²) in [7, 11) is 0. The fourth-order valence-corrected chi connectivity index (χ4v) is 5.00. The number of rotatable bonds is 6. The number of nitrogens with one attached hydrogen (secondary N) is 1. The van der Waals surface area contributed by atoms with Gasteiger partial charge in [-0.1, -0.05) is 24.3 Å². The second-order valence-corrected chi connectivity index (χ2v) is 8.51. The van der Waals surface area contributed by atoms with Crippen LogP contribution in [0.4, 0.5) is 0 Å². The maximum absolute atomic E-state index is 13.0. The lowest BCUT2D eigenvalue weighted by Crippen LogP contribution is -2.25. The van der Waals surface area contributed by atoms with Gasteiger partial charge in [0.05, 0.1) is 18.3 Å². The number of benzene rings is 1. The third-order valence-corrected chi connectivity index (χ3v) is 6.52. The second kappa shape index (κ2) is 8.29. The summed E-state index contributed by atoms with van der Waals surface area (Å²) in [6.07, 6.45) is 6.39. The van der Waals surface area contributed by atoms with Gasteiger partial charge in [-0.2, -0.15) is 0 Å². The lowest BCUT2D eigenvalue weighted by molar-refractivity contribution is -0.118. The molecule has 6 nitrogen and oxygen atoms in total. The highest BCUT2D eigenvalue weighted by atomic mass is 32.1. The molecule has 0 saturated heterocycles. The van der Waals surface area contributed by atoms with Crippen LogP contribution in [0.1, 0.15) is 46.1 Å². The van der Waals surface area contributed by atoms with Crippen LogP contribution >= 0.6 is 11.3 Å². The van der Waals surface area contributed by atoms with Gasteiger partial charge in [-0.15, -0.1) is 11.3 Å². The molecule has 0 spiro atoms. The third kappa shape index (κ3) is 4.15. The van der Waals surface area contributed by atoms with Crippen LogP contribution in [0.25, 0.3) is 10.2 Å². The Morgan fingerprint density at radius 2 is 1.93 bits per heavy atom. The number of nitrogens with zero attached hydrogens (tertiary/aromatic N) is 2. The quantitative estimate of drug-likeness (QED) is 0.635. The van der Waals surface area contributed by atoms with E-state index in [2.05, 4.69) is 10.3 Å². The summed E-state index contributed by atoms with van der Waals surface area (Å²) in [6.45, 7) is 2.04. The van der Waals surface area contributed by atoms with E-state index in [1.54, 1.807) is 23.5 Å². The van der Waals surface area contributed by atoms with E-state index in [1.165, 1.54) is 22.7 Å².